The fourth-order valence-electron chi connectivity index (χ4n) is 4.10. The number of nitrogens with zero attached hydrogens (tertiary/aromatic N) is 2. The van der Waals surface area contributed by atoms with Gasteiger partial charge in [0.2, 0.25) is 11.8 Å². The number of carbonyl (C=O) groups excluding carboxylic acids is 3. The lowest BCUT2D eigenvalue weighted by Crippen LogP contribution is -2.45. The van der Waals surface area contributed by atoms with Crippen molar-refractivity contribution in [2.24, 2.45) is 0 Å². The summed E-state index contributed by atoms with van der Waals surface area (Å²) in [4.78, 5) is 42.8. The standard InChI is InChI=1S/C30H26F3N5O4/c1-18(2)35-26(39)16-38(29(41)25-14-19-4-3-5-20(15-34)28(19)37-25)17-27(40)36-22-8-12-24(13-9-22)42-23-10-6-21(7-11-23)30(31,32)33/h3-14,18,37H,16-17H2,1-2H3,(H,35,39)(H,36,40). The van der Waals surface area contributed by atoms with Crippen molar-refractivity contribution in [3.63, 3.8) is 0 Å². The minimum Gasteiger partial charge on any atom is -0.457 e. The second-order valence-corrected chi connectivity index (χ2v) is 9.64. The molecule has 0 aliphatic carbocycles. The molecule has 12 heteroatoms. The second-order valence-electron chi connectivity index (χ2n) is 9.64. The van der Waals surface area contributed by atoms with Crippen molar-refractivity contribution in [3.8, 4) is 17.6 Å². The summed E-state index contributed by atoms with van der Waals surface area (Å²) >= 11 is 0. The van der Waals surface area contributed by atoms with Crippen LogP contribution in [0.3, 0.4) is 0 Å². The van der Waals surface area contributed by atoms with E-state index >= 15 is 0 Å². The van der Waals surface area contributed by atoms with E-state index in [1.54, 1.807) is 38.1 Å². The lowest BCUT2D eigenvalue weighted by Gasteiger charge is -2.22. The summed E-state index contributed by atoms with van der Waals surface area (Å²) in [5.41, 5.74) is 0.501. The molecule has 216 valence electrons. The van der Waals surface area contributed by atoms with Crippen LogP contribution in [0.1, 0.15) is 35.5 Å². The molecule has 3 aromatic carbocycles. The van der Waals surface area contributed by atoms with Crippen LogP contribution in [0.15, 0.2) is 72.8 Å². The van der Waals surface area contributed by atoms with Crippen LogP contribution in [-0.4, -0.2) is 46.7 Å². The van der Waals surface area contributed by atoms with E-state index in [0.29, 0.717) is 27.9 Å². The molecule has 0 radical (unpaired) electrons. The maximum Gasteiger partial charge on any atom is 0.416 e. The quantitative estimate of drug-likeness (QED) is 0.244. The van der Waals surface area contributed by atoms with Gasteiger partial charge in [0.05, 0.1) is 16.6 Å². The van der Waals surface area contributed by atoms with Gasteiger partial charge in [0.25, 0.3) is 5.91 Å². The van der Waals surface area contributed by atoms with E-state index < -0.39 is 36.0 Å². The third-order valence-electron chi connectivity index (χ3n) is 5.97. The van der Waals surface area contributed by atoms with Crippen molar-refractivity contribution in [2.75, 3.05) is 18.4 Å². The van der Waals surface area contributed by atoms with Gasteiger partial charge in [-0.25, -0.2) is 0 Å². The summed E-state index contributed by atoms with van der Waals surface area (Å²) in [7, 11) is 0. The molecule has 0 atom stereocenters. The number of aromatic nitrogens is 1. The first kappa shape index (κ1) is 29.7. The Morgan fingerprint density at radius 1 is 0.952 bits per heavy atom. The molecular formula is C30H26F3N5O4. The number of ether oxygens (including phenoxy) is 1. The molecule has 0 saturated heterocycles. The molecule has 0 unspecified atom stereocenters. The zero-order valence-corrected chi connectivity index (χ0v) is 22.6. The molecule has 42 heavy (non-hydrogen) atoms. The van der Waals surface area contributed by atoms with Crippen LogP contribution in [-0.2, 0) is 15.8 Å². The summed E-state index contributed by atoms with van der Waals surface area (Å²) in [6, 6.07) is 18.8. The number of amides is 3. The highest BCUT2D eigenvalue weighted by Gasteiger charge is 2.30. The molecule has 3 amide bonds. The van der Waals surface area contributed by atoms with Gasteiger partial charge in [0.15, 0.2) is 0 Å². The number of carbonyl (C=O) groups is 3. The number of nitriles is 1. The highest BCUT2D eigenvalue weighted by atomic mass is 19.4. The van der Waals surface area contributed by atoms with E-state index in [1.165, 1.54) is 36.4 Å². The zero-order valence-electron chi connectivity index (χ0n) is 22.6. The number of halogens is 3. The number of alkyl halides is 3. The van der Waals surface area contributed by atoms with Crippen molar-refractivity contribution in [1.29, 1.82) is 5.26 Å². The molecule has 0 fully saturated rings. The van der Waals surface area contributed by atoms with Gasteiger partial charge in [0, 0.05) is 17.1 Å². The molecule has 0 aliphatic heterocycles. The highest BCUT2D eigenvalue weighted by Crippen LogP contribution is 2.31. The van der Waals surface area contributed by atoms with Crippen LogP contribution < -0.4 is 15.4 Å². The Hall–Kier alpha value is -5.31. The summed E-state index contributed by atoms with van der Waals surface area (Å²) < 4.78 is 43.8. The van der Waals surface area contributed by atoms with E-state index in [0.717, 1.165) is 17.0 Å². The van der Waals surface area contributed by atoms with Gasteiger partial charge >= 0.3 is 6.18 Å². The van der Waals surface area contributed by atoms with E-state index in [-0.39, 0.29) is 24.0 Å². The number of anilines is 1. The van der Waals surface area contributed by atoms with Gasteiger partial charge in [-0.3, -0.25) is 14.4 Å². The first-order chi connectivity index (χ1) is 19.9. The predicted molar refractivity (Wildman–Crippen MR) is 149 cm³/mol. The topological polar surface area (TPSA) is 127 Å². The minimum absolute atomic E-state index is 0.114. The number of para-hydroxylation sites is 1. The molecular weight excluding hydrogens is 551 g/mol. The first-order valence-corrected chi connectivity index (χ1v) is 12.8. The van der Waals surface area contributed by atoms with E-state index in [2.05, 4.69) is 21.7 Å². The number of hydrogen-bond donors (Lipinski definition) is 3. The predicted octanol–water partition coefficient (Wildman–Crippen LogP) is 5.46. The SMILES string of the molecule is CC(C)NC(=O)CN(CC(=O)Nc1ccc(Oc2ccc(C(F)(F)F)cc2)cc1)C(=O)c1cc2cccc(C#N)c2[nH]1. The monoisotopic (exact) mass is 577 g/mol. The van der Waals surface area contributed by atoms with Gasteiger partial charge < -0.3 is 25.3 Å². The van der Waals surface area contributed by atoms with Crippen LogP contribution in [0.2, 0.25) is 0 Å². The van der Waals surface area contributed by atoms with Crippen LogP contribution in [0, 0.1) is 11.3 Å². The number of rotatable bonds is 9. The van der Waals surface area contributed by atoms with Crippen molar-refractivity contribution in [2.45, 2.75) is 26.1 Å². The Morgan fingerprint density at radius 3 is 2.17 bits per heavy atom. The number of aromatic amines is 1. The van der Waals surface area contributed by atoms with Gasteiger partial charge in [-0.2, -0.15) is 18.4 Å². The number of nitrogens with one attached hydrogen (secondary N) is 3. The van der Waals surface area contributed by atoms with Crippen molar-refractivity contribution in [3.05, 3.63) is 89.6 Å². The van der Waals surface area contributed by atoms with Crippen LogP contribution in [0.25, 0.3) is 10.9 Å². The molecule has 4 rings (SSSR count). The molecule has 0 saturated carbocycles. The second kappa shape index (κ2) is 12.5. The zero-order chi connectivity index (χ0) is 30.4. The van der Waals surface area contributed by atoms with Gasteiger partial charge in [-0.1, -0.05) is 12.1 Å². The minimum atomic E-state index is -4.45. The Labute approximate surface area is 238 Å². The molecule has 1 aromatic heterocycles. The number of fused-ring (bicyclic) bond motifs is 1. The Bertz CT molecular complexity index is 1640. The Kier molecular flexibility index (Phi) is 8.81. The summed E-state index contributed by atoms with van der Waals surface area (Å²) in [5.74, 6) is -1.11. The molecule has 0 aliphatic rings. The van der Waals surface area contributed by atoms with Gasteiger partial charge in [0.1, 0.15) is 36.4 Å². The van der Waals surface area contributed by atoms with E-state index in [9.17, 15) is 32.8 Å². The molecule has 0 bridgehead atoms. The third kappa shape index (κ3) is 7.45. The lowest BCUT2D eigenvalue weighted by molar-refractivity contribution is -0.137. The molecule has 4 aromatic rings. The van der Waals surface area contributed by atoms with Crippen LogP contribution in [0.4, 0.5) is 18.9 Å². The smallest absolute Gasteiger partial charge is 0.416 e. The number of hydrogen-bond acceptors (Lipinski definition) is 5. The highest BCUT2D eigenvalue weighted by molar-refractivity contribution is 6.03. The van der Waals surface area contributed by atoms with Crippen molar-refractivity contribution >= 4 is 34.3 Å². The summed E-state index contributed by atoms with van der Waals surface area (Å²) in [6.45, 7) is 2.70. The first-order valence-electron chi connectivity index (χ1n) is 12.8. The summed E-state index contributed by atoms with van der Waals surface area (Å²) in [5, 5.41) is 15.3. The maximum atomic E-state index is 13.4. The lowest BCUT2D eigenvalue weighted by atomic mass is 10.1. The maximum absolute atomic E-state index is 13.4. The fraction of sp³-hybridized carbons (Fsp3) is 0.200. The third-order valence-corrected chi connectivity index (χ3v) is 5.97. The molecule has 0 spiro atoms. The average molecular weight is 578 g/mol. The van der Waals surface area contributed by atoms with Gasteiger partial charge in [-0.15, -0.1) is 0 Å². The molecule has 9 nitrogen and oxygen atoms in total. The van der Waals surface area contributed by atoms with Crippen molar-refractivity contribution in [1.82, 2.24) is 15.2 Å². The van der Waals surface area contributed by atoms with Crippen molar-refractivity contribution < 1.29 is 32.3 Å². The van der Waals surface area contributed by atoms with Crippen LogP contribution in [0.5, 0.6) is 11.5 Å². The Balaban J connectivity index is 1.45. The normalized spacial score (nSPS) is 11.2. The van der Waals surface area contributed by atoms with E-state index in [1.807, 2.05) is 0 Å². The number of benzene rings is 3. The molecule has 3 N–H and O–H groups in total. The molecule has 1 heterocycles. The van der Waals surface area contributed by atoms with Crippen LogP contribution >= 0.6 is 0 Å². The van der Waals surface area contributed by atoms with E-state index in [4.69, 9.17) is 4.74 Å². The number of H-pyrrole nitrogens is 1. The van der Waals surface area contributed by atoms with Gasteiger partial charge in [-0.05, 0) is 74.5 Å². The summed E-state index contributed by atoms with van der Waals surface area (Å²) in [6.07, 6.45) is -4.45. The fourth-order valence-corrected chi connectivity index (χ4v) is 4.10. The largest absolute Gasteiger partial charge is 0.457 e. The Morgan fingerprint density at radius 2 is 1.57 bits per heavy atom. The average Bonchev–Trinajstić information content (AvgIpc) is 3.37.